The number of fused-ring (bicyclic) bond motifs is 1. The van der Waals surface area contributed by atoms with Gasteiger partial charge in [0.15, 0.2) is 5.82 Å². The van der Waals surface area contributed by atoms with Crippen LogP contribution in [0.1, 0.15) is 36.5 Å². The summed E-state index contributed by atoms with van der Waals surface area (Å²) in [5, 5.41) is 11.5. The molecule has 1 aliphatic heterocycles. The zero-order chi connectivity index (χ0) is 20.2. The standard InChI is InChI=1S/C22H24FN5O/c1-16-10-12-17(13-11-16)24-22(29)28(19-8-5-4-7-18(19)23)15-21-26-25-20-9-3-2-6-14-27(20)21/h4-5,7-8,10-13H,2-3,6,9,14-15H2,1H3,(H,24,29). The van der Waals surface area contributed by atoms with E-state index in [2.05, 4.69) is 20.1 Å². The highest BCUT2D eigenvalue weighted by Gasteiger charge is 2.24. The molecule has 0 saturated carbocycles. The Morgan fingerprint density at radius 3 is 2.69 bits per heavy atom. The Hall–Kier alpha value is -3.22. The molecule has 0 saturated heterocycles. The number of hydrogen-bond acceptors (Lipinski definition) is 3. The Morgan fingerprint density at radius 1 is 1.10 bits per heavy atom. The molecular formula is C22H24FN5O. The molecule has 2 aromatic carbocycles. The van der Waals surface area contributed by atoms with Crippen LogP contribution in [0.3, 0.4) is 0 Å². The third-order valence-electron chi connectivity index (χ3n) is 5.18. The second-order valence-electron chi connectivity index (χ2n) is 7.33. The lowest BCUT2D eigenvalue weighted by atomic mass is 10.2. The summed E-state index contributed by atoms with van der Waals surface area (Å²) in [4.78, 5) is 14.5. The normalized spacial score (nSPS) is 13.4. The van der Waals surface area contributed by atoms with Gasteiger partial charge >= 0.3 is 6.03 Å². The number of rotatable bonds is 4. The third-order valence-corrected chi connectivity index (χ3v) is 5.18. The number of nitrogens with zero attached hydrogens (tertiary/aromatic N) is 4. The molecule has 0 bridgehead atoms. The molecule has 3 aromatic rings. The van der Waals surface area contributed by atoms with Crippen molar-refractivity contribution in [1.82, 2.24) is 14.8 Å². The van der Waals surface area contributed by atoms with Crippen molar-refractivity contribution in [2.75, 3.05) is 10.2 Å². The van der Waals surface area contributed by atoms with Crippen molar-refractivity contribution in [2.24, 2.45) is 0 Å². The van der Waals surface area contributed by atoms with Crippen LogP contribution in [0.25, 0.3) is 0 Å². The van der Waals surface area contributed by atoms with E-state index in [4.69, 9.17) is 0 Å². The van der Waals surface area contributed by atoms with E-state index in [1.807, 2.05) is 31.2 Å². The van der Waals surface area contributed by atoms with E-state index >= 15 is 0 Å². The van der Waals surface area contributed by atoms with Crippen molar-refractivity contribution in [3.63, 3.8) is 0 Å². The number of amides is 2. The van der Waals surface area contributed by atoms with Gasteiger partial charge in [-0.3, -0.25) is 4.90 Å². The molecule has 0 aliphatic carbocycles. The third kappa shape index (κ3) is 4.29. The first-order chi connectivity index (χ1) is 14.1. The van der Waals surface area contributed by atoms with Crippen LogP contribution >= 0.6 is 0 Å². The predicted molar refractivity (Wildman–Crippen MR) is 110 cm³/mol. The highest BCUT2D eigenvalue weighted by molar-refractivity contribution is 6.01. The van der Waals surface area contributed by atoms with E-state index < -0.39 is 11.8 Å². The molecule has 150 valence electrons. The van der Waals surface area contributed by atoms with Gasteiger partial charge in [-0.2, -0.15) is 0 Å². The number of carbonyl (C=O) groups is 1. The van der Waals surface area contributed by atoms with Crippen LogP contribution < -0.4 is 10.2 Å². The Balaban J connectivity index is 1.64. The molecule has 0 fully saturated rings. The van der Waals surface area contributed by atoms with Gasteiger partial charge in [0.05, 0.1) is 12.2 Å². The fourth-order valence-electron chi connectivity index (χ4n) is 3.57. The fourth-order valence-corrected chi connectivity index (χ4v) is 3.57. The molecular weight excluding hydrogens is 369 g/mol. The Labute approximate surface area is 169 Å². The van der Waals surface area contributed by atoms with Crippen LogP contribution in [0.4, 0.5) is 20.6 Å². The number of para-hydroxylation sites is 1. The second kappa shape index (κ2) is 8.43. The molecule has 2 amide bonds. The van der Waals surface area contributed by atoms with Gasteiger partial charge < -0.3 is 9.88 Å². The van der Waals surface area contributed by atoms with E-state index in [-0.39, 0.29) is 12.2 Å². The zero-order valence-electron chi connectivity index (χ0n) is 16.4. The number of benzene rings is 2. The molecule has 1 N–H and O–H groups in total. The largest absolute Gasteiger partial charge is 0.326 e. The van der Waals surface area contributed by atoms with E-state index in [1.165, 1.54) is 11.0 Å². The van der Waals surface area contributed by atoms with Gasteiger partial charge in [-0.15, -0.1) is 10.2 Å². The molecule has 0 unspecified atom stereocenters. The highest BCUT2D eigenvalue weighted by Crippen LogP contribution is 2.23. The van der Waals surface area contributed by atoms with Gasteiger partial charge in [-0.1, -0.05) is 36.2 Å². The summed E-state index contributed by atoms with van der Waals surface area (Å²) < 4.78 is 16.6. The maximum Gasteiger partial charge on any atom is 0.326 e. The van der Waals surface area contributed by atoms with E-state index in [0.717, 1.165) is 43.6 Å². The van der Waals surface area contributed by atoms with Crippen molar-refractivity contribution < 1.29 is 9.18 Å². The van der Waals surface area contributed by atoms with Crippen LogP contribution in [-0.2, 0) is 19.5 Å². The number of nitrogens with one attached hydrogen (secondary N) is 1. The molecule has 0 spiro atoms. The number of hydrogen-bond donors (Lipinski definition) is 1. The number of urea groups is 1. The molecule has 0 radical (unpaired) electrons. The first-order valence-corrected chi connectivity index (χ1v) is 9.92. The molecule has 4 rings (SSSR count). The predicted octanol–water partition coefficient (Wildman–Crippen LogP) is 4.69. The van der Waals surface area contributed by atoms with Gasteiger partial charge in [-0.25, -0.2) is 9.18 Å². The topological polar surface area (TPSA) is 63.1 Å². The quantitative estimate of drug-likeness (QED) is 0.699. The molecule has 7 heteroatoms. The van der Waals surface area contributed by atoms with Crippen molar-refractivity contribution in [2.45, 2.75) is 45.7 Å². The SMILES string of the molecule is Cc1ccc(NC(=O)N(Cc2nnc3n2CCCCC3)c2ccccc2F)cc1. The van der Waals surface area contributed by atoms with Gasteiger partial charge in [0, 0.05) is 18.7 Å². The number of halogens is 1. The summed E-state index contributed by atoms with van der Waals surface area (Å²) in [6.45, 7) is 2.95. The number of anilines is 2. The number of aromatic nitrogens is 3. The van der Waals surface area contributed by atoms with Crippen LogP contribution in [-0.4, -0.2) is 20.8 Å². The summed E-state index contributed by atoms with van der Waals surface area (Å²) in [7, 11) is 0. The van der Waals surface area contributed by atoms with E-state index in [0.29, 0.717) is 11.5 Å². The average Bonchev–Trinajstić information content (AvgIpc) is 2.94. The summed E-state index contributed by atoms with van der Waals surface area (Å²) >= 11 is 0. The second-order valence-corrected chi connectivity index (χ2v) is 7.33. The Morgan fingerprint density at radius 2 is 1.90 bits per heavy atom. The molecule has 2 heterocycles. The van der Waals surface area contributed by atoms with Crippen molar-refractivity contribution in [3.8, 4) is 0 Å². The minimum atomic E-state index is -0.456. The maximum absolute atomic E-state index is 14.6. The lowest BCUT2D eigenvalue weighted by Gasteiger charge is -2.23. The molecule has 1 aliphatic rings. The van der Waals surface area contributed by atoms with E-state index in [1.54, 1.807) is 18.2 Å². The summed E-state index contributed by atoms with van der Waals surface area (Å²) in [6, 6.07) is 13.4. The summed E-state index contributed by atoms with van der Waals surface area (Å²) in [6.07, 6.45) is 4.16. The van der Waals surface area contributed by atoms with Gasteiger partial charge in [0.2, 0.25) is 0 Å². The first-order valence-electron chi connectivity index (χ1n) is 9.92. The zero-order valence-corrected chi connectivity index (χ0v) is 16.4. The molecule has 6 nitrogen and oxygen atoms in total. The maximum atomic E-state index is 14.6. The first kappa shape index (κ1) is 19.1. The van der Waals surface area contributed by atoms with Crippen LogP contribution in [0.15, 0.2) is 48.5 Å². The fraction of sp³-hybridized carbons (Fsp3) is 0.318. The van der Waals surface area contributed by atoms with Gasteiger partial charge in [0.1, 0.15) is 11.6 Å². The lowest BCUT2D eigenvalue weighted by Crippen LogP contribution is -2.36. The lowest BCUT2D eigenvalue weighted by molar-refractivity contribution is 0.256. The number of aryl methyl sites for hydroxylation is 2. The van der Waals surface area contributed by atoms with Crippen LogP contribution in [0.5, 0.6) is 0 Å². The molecule has 1 aromatic heterocycles. The van der Waals surface area contributed by atoms with Crippen molar-refractivity contribution in [3.05, 3.63) is 71.6 Å². The summed E-state index contributed by atoms with van der Waals surface area (Å²) in [5.74, 6) is 1.15. The highest BCUT2D eigenvalue weighted by atomic mass is 19.1. The van der Waals surface area contributed by atoms with Crippen molar-refractivity contribution in [1.29, 1.82) is 0 Å². The van der Waals surface area contributed by atoms with Crippen molar-refractivity contribution >= 4 is 17.4 Å². The molecule has 29 heavy (non-hydrogen) atoms. The Bertz CT molecular complexity index is 999. The smallest absolute Gasteiger partial charge is 0.313 e. The van der Waals surface area contributed by atoms with Gasteiger partial charge in [-0.05, 0) is 44.0 Å². The van der Waals surface area contributed by atoms with E-state index in [9.17, 15) is 9.18 Å². The Kier molecular flexibility index (Phi) is 5.55. The minimum Gasteiger partial charge on any atom is -0.313 e. The number of carbonyl (C=O) groups excluding carboxylic acids is 1. The molecule has 0 atom stereocenters. The average molecular weight is 393 g/mol. The monoisotopic (exact) mass is 393 g/mol. The van der Waals surface area contributed by atoms with Gasteiger partial charge in [0.25, 0.3) is 0 Å². The minimum absolute atomic E-state index is 0.144. The van der Waals surface area contributed by atoms with Crippen LogP contribution in [0, 0.1) is 12.7 Å². The van der Waals surface area contributed by atoms with Crippen LogP contribution in [0.2, 0.25) is 0 Å². The summed E-state index contributed by atoms with van der Waals surface area (Å²) in [5.41, 5.74) is 1.96.